The lowest BCUT2D eigenvalue weighted by Crippen LogP contribution is -2.15. The first-order chi connectivity index (χ1) is 7.08. The second kappa shape index (κ2) is 6.20. The molecule has 0 saturated carbocycles. The van der Waals surface area contributed by atoms with Gasteiger partial charge in [-0.25, -0.2) is 4.98 Å². The van der Waals surface area contributed by atoms with Crippen LogP contribution in [0.2, 0.25) is 0 Å². The minimum absolute atomic E-state index is 0.235. The van der Waals surface area contributed by atoms with E-state index in [9.17, 15) is 5.11 Å². The van der Waals surface area contributed by atoms with E-state index in [0.717, 1.165) is 10.7 Å². The van der Waals surface area contributed by atoms with Gasteiger partial charge in [0, 0.05) is 24.1 Å². The normalized spacial score (nSPS) is 13.4. The zero-order chi connectivity index (χ0) is 11.3. The van der Waals surface area contributed by atoms with Gasteiger partial charge in [-0.2, -0.15) is 0 Å². The molecule has 1 heterocycles. The van der Waals surface area contributed by atoms with E-state index in [0.29, 0.717) is 19.4 Å². The highest BCUT2D eigenvalue weighted by atomic mass is 32.1. The minimum atomic E-state index is -0.339. The molecule has 1 atom stereocenters. The number of hydrogen-bond acceptors (Lipinski definition) is 4. The van der Waals surface area contributed by atoms with Crippen LogP contribution in [0.1, 0.15) is 31.0 Å². The minimum Gasteiger partial charge on any atom is -0.393 e. The standard InChI is InChI=1S/C11H19NO2S/c1-8(2)14-5-4-10(13)6-11-12-9(3)7-15-11/h7-8,10,13H,4-6H2,1-3H3. The van der Waals surface area contributed by atoms with Crippen LogP contribution in [0.3, 0.4) is 0 Å². The second-order valence-electron chi connectivity index (χ2n) is 3.95. The van der Waals surface area contributed by atoms with Crippen molar-refractivity contribution in [1.82, 2.24) is 4.98 Å². The summed E-state index contributed by atoms with van der Waals surface area (Å²) in [6.07, 6.45) is 1.21. The molecule has 15 heavy (non-hydrogen) atoms. The quantitative estimate of drug-likeness (QED) is 0.813. The average molecular weight is 229 g/mol. The van der Waals surface area contributed by atoms with Gasteiger partial charge in [-0.1, -0.05) is 0 Å². The lowest BCUT2D eigenvalue weighted by molar-refractivity contribution is 0.0470. The Labute approximate surface area is 95.1 Å². The summed E-state index contributed by atoms with van der Waals surface area (Å²) in [6, 6.07) is 0. The van der Waals surface area contributed by atoms with Gasteiger partial charge < -0.3 is 9.84 Å². The number of rotatable bonds is 6. The third-order valence-electron chi connectivity index (χ3n) is 1.98. The molecule has 1 aromatic heterocycles. The first kappa shape index (κ1) is 12.6. The maximum Gasteiger partial charge on any atom is 0.0953 e. The van der Waals surface area contributed by atoms with Crippen molar-refractivity contribution < 1.29 is 9.84 Å². The molecule has 4 heteroatoms. The number of aromatic nitrogens is 1. The summed E-state index contributed by atoms with van der Waals surface area (Å²) in [5.74, 6) is 0. The molecule has 0 spiro atoms. The molecule has 86 valence electrons. The maximum absolute atomic E-state index is 9.71. The van der Waals surface area contributed by atoms with E-state index in [1.54, 1.807) is 11.3 Å². The number of hydrogen-bond donors (Lipinski definition) is 1. The van der Waals surface area contributed by atoms with Crippen molar-refractivity contribution in [3.63, 3.8) is 0 Å². The molecule has 0 aliphatic carbocycles. The summed E-state index contributed by atoms with van der Waals surface area (Å²) in [7, 11) is 0. The molecule has 0 bridgehead atoms. The highest BCUT2D eigenvalue weighted by molar-refractivity contribution is 7.09. The lowest BCUT2D eigenvalue weighted by atomic mass is 10.2. The van der Waals surface area contributed by atoms with E-state index in [1.165, 1.54) is 0 Å². The molecule has 0 radical (unpaired) electrons. The van der Waals surface area contributed by atoms with Crippen molar-refractivity contribution >= 4 is 11.3 Å². The molecule has 1 unspecified atom stereocenters. The van der Waals surface area contributed by atoms with E-state index in [1.807, 2.05) is 26.2 Å². The zero-order valence-corrected chi connectivity index (χ0v) is 10.4. The fourth-order valence-corrected chi connectivity index (χ4v) is 2.08. The summed E-state index contributed by atoms with van der Waals surface area (Å²) in [5.41, 5.74) is 1.03. The van der Waals surface area contributed by atoms with Gasteiger partial charge >= 0.3 is 0 Å². The summed E-state index contributed by atoms with van der Waals surface area (Å²) in [6.45, 7) is 6.57. The molecule has 1 rings (SSSR count). The number of thiazole rings is 1. The smallest absolute Gasteiger partial charge is 0.0953 e. The summed E-state index contributed by atoms with van der Waals surface area (Å²) in [5, 5.41) is 12.7. The van der Waals surface area contributed by atoms with Crippen molar-refractivity contribution in [2.75, 3.05) is 6.61 Å². The Morgan fingerprint density at radius 1 is 1.53 bits per heavy atom. The van der Waals surface area contributed by atoms with Crippen LogP contribution in [0, 0.1) is 6.92 Å². The Balaban J connectivity index is 2.21. The highest BCUT2D eigenvalue weighted by Gasteiger charge is 2.08. The van der Waals surface area contributed by atoms with Crippen LogP contribution in [-0.4, -0.2) is 28.9 Å². The third kappa shape index (κ3) is 5.25. The van der Waals surface area contributed by atoms with Crippen LogP contribution in [0.4, 0.5) is 0 Å². The third-order valence-corrected chi connectivity index (χ3v) is 2.97. The molecule has 0 aliphatic rings. The monoisotopic (exact) mass is 229 g/mol. The van der Waals surface area contributed by atoms with Crippen molar-refractivity contribution in [3.8, 4) is 0 Å². The van der Waals surface area contributed by atoms with Crippen LogP contribution in [0.5, 0.6) is 0 Å². The van der Waals surface area contributed by atoms with Crippen LogP contribution in [-0.2, 0) is 11.2 Å². The average Bonchev–Trinajstić information content (AvgIpc) is 2.50. The number of ether oxygens (including phenoxy) is 1. The predicted octanol–water partition coefficient (Wildman–Crippen LogP) is 2.17. The fraction of sp³-hybridized carbons (Fsp3) is 0.727. The summed E-state index contributed by atoms with van der Waals surface area (Å²) >= 11 is 1.61. The second-order valence-corrected chi connectivity index (χ2v) is 4.89. The van der Waals surface area contributed by atoms with Gasteiger partial charge in [-0.05, 0) is 27.2 Å². The van der Waals surface area contributed by atoms with Crippen LogP contribution < -0.4 is 0 Å². The lowest BCUT2D eigenvalue weighted by Gasteiger charge is -2.11. The van der Waals surface area contributed by atoms with E-state index < -0.39 is 0 Å². The predicted molar refractivity (Wildman–Crippen MR) is 62.3 cm³/mol. The van der Waals surface area contributed by atoms with Gasteiger partial charge in [0.1, 0.15) is 0 Å². The van der Waals surface area contributed by atoms with Gasteiger partial charge in [0.05, 0.1) is 17.2 Å². The Hall–Kier alpha value is -0.450. The van der Waals surface area contributed by atoms with E-state index in [2.05, 4.69) is 4.98 Å². The number of aryl methyl sites for hydroxylation is 1. The molecule has 0 aliphatic heterocycles. The van der Waals surface area contributed by atoms with Gasteiger partial charge in [0.15, 0.2) is 0 Å². The Morgan fingerprint density at radius 2 is 2.27 bits per heavy atom. The van der Waals surface area contributed by atoms with Crippen molar-refractivity contribution in [2.45, 2.75) is 45.8 Å². The fourth-order valence-electron chi connectivity index (χ4n) is 1.24. The SMILES string of the molecule is Cc1csc(CC(O)CCOC(C)C)n1. The van der Waals surface area contributed by atoms with Crippen molar-refractivity contribution in [2.24, 2.45) is 0 Å². The summed E-state index contributed by atoms with van der Waals surface area (Å²) in [4.78, 5) is 4.31. The van der Waals surface area contributed by atoms with Gasteiger partial charge in [-0.3, -0.25) is 0 Å². The molecule has 1 aromatic rings. The highest BCUT2D eigenvalue weighted by Crippen LogP contribution is 2.12. The number of aliphatic hydroxyl groups is 1. The number of aliphatic hydroxyl groups excluding tert-OH is 1. The Bertz CT molecular complexity index is 286. The molecule has 0 fully saturated rings. The van der Waals surface area contributed by atoms with Crippen LogP contribution in [0.25, 0.3) is 0 Å². The van der Waals surface area contributed by atoms with Gasteiger partial charge in [-0.15, -0.1) is 11.3 Å². The molecule has 0 amide bonds. The molecule has 0 aromatic carbocycles. The van der Waals surface area contributed by atoms with Crippen molar-refractivity contribution in [3.05, 3.63) is 16.1 Å². The maximum atomic E-state index is 9.71. The van der Waals surface area contributed by atoms with E-state index in [-0.39, 0.29) is 12.2 Å². The van der Waals surface area contributed by atoms with Gasteiger partial charge in [0.25, 0.3) is 0 Å². The zero-order valence-electron chi connectivity index (χ0n) is 9.56. The van der Waals surface area contributed by atoms with E-state index in [4.69, 9.17) is 4.74 Å². The van der Waals surface area contributed by atoms with E-state index >= 15 is 0 Å². The largest absolute Gasteiger partial charge is 0.393 e. The molecule has 1 N–H and O–H groups in total. The molecular weight excluding hydrogens is 210 g/mol. The van der Waals surface area contributed by atoms with Crippen molar-refractivity contribution in [1.29, 1.82) is 0 Å². The van der Waals surface area contributed by atoms with Crippen LogP contribution >= 0.6 is 11.3 Å². The first-order valence-electron chi connectivity index (χ1n) is 5.28. The van der Waals surface area contributed by atoms with Gasteiger partial charge in [0.2, 0.25) is 0 Å². The molecule has 3 nitrogen and oxygen atoms in total. The topological polar surface area (TPSA) is 42.4 Å². The number of nitrogens with zero attached hydrogens (tertiary/aromatic N) is 1. The summed E-state index contributed by atoms with van der Waals surface area (Å²) < 4.78 is 5.38. The molecule has 0 saturated heterocycles. The Morgan fingerprint density at radius 3 is 2.80 bits per heavy atom. The molecular formula is C11H19NO2S. The first-order valence-corrected chi connectivity index (χ1v) is 6.16. The van der Waals surface area contributed by atoms with Crippen LogP contribution in [0.15, 0.2) is 5.38 Å². The Kier molecular flexibility index (Phi) is 5.22.